The van der Waals surface area contributed by atoms with Crippen molar-refractivity contribution in [3.8, 4) is 11.3 Å². The average Bonchev–Trinajstić information content (AvgIpc) is 3.30. The van der Waals surface area contributed by atoms with Gasteiger partial charge in [-0.05, 0) is 37.2 Å². The SMILES string of the molecule is C=CC1OCCN(c2nc3nc(C(=N)OC(N)=O)nc(-c4cncc(Cl)c4)c3n2CC2CCC(C)CC2)C1CC. The number of carbonyl (C=O) groups is 1. The molecule has 5 rings (SSSR count). The predicted octanol–water partition coefficient (Wildman–Crippen LogP) is 4.96. The zero-order valence-electron chi connectivity index (χ0n) is 22.8. The maximum absolute atomic E-state index is 11.4. The van der Waals surface area contributed by atoms with Crippen molar-refractivity contribution in [1.82, 2.24) is 24.5 Å². The largest absolute Gasteiger partial charge is 0.411 e. The van der Waals surface area contributed by atoms with Gasteiger partial charge in [0.25, 0.3) is 5.90 Å². The Morgan fingerprint density at radius 2 is 2.05 bits per heavy atom. The van der Waals surface area contributed by atoms with Crippen molar-refractivity contribution >= 4 is 40.7 Å². The van der Waals surface area contributed by atoms with Gasteiger partial charge in [0.15, 0.2) is 5.65 Å². The van der Waals surface area contributed by atoms with E-state index >= 15 is 0 Å². The first-order chi connectivity index (χ1) is 19.3. The third-order valence-corrected chi connectivity index (χ3v) is 8.08. The molecule has 1 saturated heterocycles. The van der Waals surface area contributed by atoms with Crippen LogP contribution in [0.4, 0.5) is 10.7 Å². The van der Waals surface area contributed by atoms with Crippen LogP contribution in [0.1, 0.15) is 51.8 Å². The Morgan fingerprint density at radius 3 is 2.73 bits per heavy atom. The minimum absolute atomic E-state index is 0.0356. The standard InChI is InChI=1S/C28H35ClN8O3/c1-4-20-21(5-2)39-11-10-36(20)28-35-25-23(37(28)15-17-8-6-16(3)7-9-17)22(18-12-19(29)14-32-13-18)33-26(34-25)24(30)40-27(31)38/h5,12-14,16-17,20-21,30H,2,4,6-11,15H2,1,3H3,(H2,31,38). The maximum Gasteiger partial charge on any atom is 0.411 e. The van der Waals surface area contributed by atoms with Crippen molar-refractivity contribution in [3.63, 3.8) is 0 Å². The second-order valence-corrected chi connectivity index (χ2v) is 11.0. The normalized spacial score (nSPS) is 23.2. The second-order valence-electron chi connectivity index (χ2n) is 10.6. The van der Waals surface area contributed by atoms with Gasteiger partial charge in [-0.25, -0.2) is 14.8 Å². The van der Waals surface area contributed by atoms with Crippen molar-refractivity contribution in [3.05, 3.63) is 42.0 Å². The molecule has 1 amide bonds. The molecule has 1 aliphatic heterocycles. The average molecular weight is 567 g/mol. The topological polar surface area (TPSA) is 145 Å². The summed E-state index contributed by atoms with van der Waals surface area (Å²) < 4.78 is 13.1. The summed E-state index contributed by atoms with van der Waals surface area (Å²) in [5.74, 6) is 1.28. The van der Waals surface area contributed by atoms with Crippen LogP contribution in [0.15, 0.2) is 31.1 Å². The molecule has 1 saturated carbocycles. The maximum atomic E-state index is 11.4. The number of nitrogens with one attached hydrogen (secondary N) is 1. The minimum Gasteiger partial charge on any atom is -0.388 e. The highest BCUT2D eigenvalue weighted by molar-refractivity contribution is 6.30. The third kappa shape index (κ3) is 5.66. The fourth-order valence-electron chi connectivity index (χ4n) is 5.84. The molecule has 0 aromatic carbocycles. The van der Waals surface area contributed by atoms with Crippen LogP contribution in [0, 0.1) is 17.2 Å². The van der Waals surface area contributed by atoms with Crippen molar-refractivity contribution < 1.29 is 14.3 Å². The number of halogens is 1. The van der Waals surface area contributed by atoms with Gasteiger partial charge < -0.3 is 24.7 Å². The number of fused-ring (bicyclic) bond motifs is 1. The monoisotopic (exact) mass is 566 g/mol. The molecule has 11 nitrogen and oxygen atoms in total. The van der Waals surface area contributed by atoms with Crippen LogP contribution < -0.4 is 10.6 Å². The molecular weight excluding hydrogens is 532 g/mol. The lowest BCUT2D eigenvalue weighted by molar-refractivity contribution is 0.0404. The molecule has 12 heteroatoms. The fraction of sp³-hybridized carbons (Fsp3) is 0.500. The van der Waals surface area contributed by atoms with Crippen LogP contribution in [-0.4, -0.2) is 61.8 Å². The lowest BCUT2D eigenvalue weighted by Crippen LogP contribution is -2.51. The molecule has 1 aliphatic carbocycles. The molecule has 3 N–H and O–H groups in total. The van der Waals surface area contributed by atoms with Crippen LogP contribution in [0.5, 0.6) is 0 Å². The van der Waals surface area contributed by atoms with E-state index in [0.717, 1.165) is 37.7 Å². The molecule has 2 unspecified atom stereocenters. The molecule has 212 valence electrons. The number of hydrogen-bond donors (Lipinski definition) is 2. The number of carbonyl (C=O) groups excluding carboxylic acids is 1. The summed E-state index contributed by atoms with van der Waals surface area (Å²) >= 11 is 6.34. The van der Waals surface area contributed by atoms with E-state index in [9.17, 15) is 4.79 Å². The molecule has 2 fully saturated rings. The highest BCUT2D eigenvalue weighted by Crippen LogP contribution is 2.37. The minimum atomic E-state index is -1.12. The number of rotatable bonds is 7. The Balaban J connectivity index is 1.73. The first-order valence-electron chi connectivity index (χ1n) is 13.7. The molecule has 0 radical (unpaired) electrons. The Labute approximate surface area is 238 Å². The lowest BCUT2D eigenvalue weighted by atomic mass is 9.83. The fourth-order valence-corrected chi connectivity index (χ4v) is 6.02. The van der Waals surface area contributed by atoms with Crippen molar-refractivity contribution in [2.45, 2.75) is 64.6 Å². The zero-order valence-corrected chi connectivity index (χ0v) is 23.6. The molecule has 0 bridgehead atoms. The first kappa shape index (κ1) is 28.0. The number of primary amides is 1. The molecule has 3 aromatic heterocycles. The summed E-state index contributed by atoms with van der Waals surface area (Å²) in [6.45, 7) is 10.4. The lowest BCUT2D eigenvalue weighted by Gasteiger charge is -2.40. The third-order valence-electron chi connectivity index (χ3n) is 7.87. The summed E-state index contributed by atoms with van der Waals surface area (Å²) in [5.41, 5.74) is 7.41. The highest BCUT2D eigenvalue weighted by Gasteiger charge is 2.34. The van der Waals surface area contributed by atoms with E-state index in [1.165, 1.54) is 12.8 Å². The number of anilines is 1. The first-order valence-corrected chi connectivity index (χ1v) is 14.1. The highest BCUT2D eigenvalue weighted by atomic mass is 35.5. The van der Waals surface area contributed by atoms with E-state index in [0.29, 0.717) is 46.5 Å². The number of morpholine rings is 1. The van der Waals surface area contributed by atoms with E-state index in [1.54, 1.807) is 18.5 Å². The van der Waals surface area contributed by atoms with Gasteiger partial charge in [0, 0.05) is 31.0 Å². The molecule has 2 atom stereocenters. The Bertz CT molecular complexity index is 1420. The number of nitrogens with two attached hydrogens (primary N) is 1. The van der Waals surface area contributed by atoms with Gasteiger partial charge in [0.2, 0.25) is 11.8 Å². The van der Waals surface area contributed by atoms with Crippen LogP contribution in [0.3, 0.4) is 0 Å². The molecule has 3 aromatic rings. The van der Waals surface area contributed by atoms with Gasteiger partial charge in [0.1, 0.15) is 11.2 Å². The van der Waals surface area contributed by atoms with Crippen LogP contribution in [0.25, 0.3) is 22.4 Å². The van der Waals surface area contributed by atoms with Crippen molar-refractivity contribution in [2.75, 3.05) is 18.1 Å². The van der Waals surface area contributed by atoms with E-state index in [4.69, 9.17) is 37.2 Å². The smallest absolute Gasteiger partial charge is 0.388 e. The molecular formula is C28H35ClN8O3. The van der Waals surface area contributed by atoms with Gasteiger partial charge in [0.05, 0.1) is 23.8 Å². The van der Waals surface area contributed by atoms with Gasteiger partial charge in [-0.15, -0.1) is 6.58 Å². The second kappa shape index (κ2) is 11.9. The van der Waals surface area contributed by atoms with Crippen LogP contribution >= 0.6 is 11.6 Å². The number of ether oxygens (including phenoxy) is 2. The summed E-state index contributed by atoms with van der Waals surface area (Å²) in [6.07, 6.45) is 9.25. The van der Waals surface area contributed by atoms with E-state index < -0.39 is 12.0 Å². The Hall–Kier alpha value is -3.57. The number of amides is 1. The summed E-state index contributed by atoms with van der Waals surface area (Å²) in [6, 6.07) is 1.79. The van der Waals surface area contributed by atoms with E-state index in [2.05, 4.69) is 44.8 Å². The predicted molar refractivity (Wildman–Crippen MR) is 154 cm³/mol. The number of pyridine rings is 1. The summed E-state index contributed by atoms with van der Waals surface area (Å²) in [7, 11) is 0. The zero-order chi connectivity index (χ0) is 28.4. The number of hydrogen-bond acceptors (Lipinski definition) is 9. The van der Waals surface area contributed by atoms with Crippen molar-refractivity contribution in [2.24, 2.45) is 17.6 Å². The quantitative estimate of drug-likeness (QED) is 0.232. The Kier molecular flexibility index (Phi) is 8.32. The summed E-state index contributed by atoms with van der Waals surface area (Å²) in [4.78, 5) is 32.2. The van der Waals surface area contributed by atoms with E-state index in [1.807, 2.05) is 6.08 Å². The van der Waals surface area contributed by atoms with Gasteiger partial charge in [-0.1, -0.05) is 44.4 Å². The molecule has 0 spiro atoms. The number of aromatic nitrogens is 5. The molecule has 2 aliphatic rings. The number of nitrogens with zero attached hydrogens (tertiary/aromatic N) is 6. The van der Waals surface area contributed by atoms with E-state index in [-0.39, 0.29) is 18.0 Å². The van der Waals surface area contributed by atoms with Crippen LogP contribution in [0.2, 0.25) is 5.02 Å². The molecule has 40 heavy (non-hydrogen) atoms. The Morgan fingerprint density at radius 1 is 1.27 bits per heavy atom. The van der Waals surface area contributed by atoms with Crippen LogP contribution in [-0.2, 0) is 16.0 Å². The van der Waals surface area contributed by atoms with Crippen molar-refractivity contribution in [1.29, 1.82) is 5.41 Å². The van der Waals surface area contributed by atoms with Gasteiger partial charge >= 0.3 is 6.09 Å². The molecule has 4 heterocycles. The number of imidazole rings is 1. The van der Waals surface area contributed by atoms with Gasteiger partial charge in [-0.2, -0.15) is 4.98 Å². The summed E-state index contributed by atoms with van der Waals surface area (Å²) in [5, 5.41) is 8.71. The van der Waals surface area contributed by atoms with Gasteiger partial charge in [-0.3, -0.25) is 10.4 Å².